The van der Waals surface area contributed by atoms with Crippen LogP contribution in [0.4, 0.5) is 10.5 Å². The van der Waals surface area contributed by atoms with Crippen LogP contribution in [0.25, 0.3) is 0 Å². The number of nitrogens with one attached hydrogen (secondary N) is 1. The highest BCUT2D eigenvalue weighted by Crippen LogP contribution is 2.37. The summed E-state index contributed by atoms with van der Waals surface area (Å²) in [6, 6.07) is 5.28. The van der Waals surface area contributed by atoms with Crippen molar-refractivity contribution < 1.29 is 23.9 Å². The Morgan fingerprint density at radius 2 is 1.96 bits per heavy atom. The van der Waals surface area contributed by atoms with E-state index >= 15 is 0 Å². The number of imide groups is 1. The molecule has 1 aliphatic heterocycles. The minimum Gasteiger partial charge on any atom is -0.449 e. The lowest BCUT2D eigenvalue weighted by Gasteiger charge is -2.21. The van der Waals surface area contributed by atoms with Gasteiger partial charge in [0.15, 0.2) is 5.92 Å². The molecule has 1 N–H and O–H groups in total. The summed E-state index contributed by atoms with van der Waals surface area (Å²) in [5.74, 6) is -2.22. The van der Waals surface area contributed by atoms with Crippen LogP contribution in [-0.4, -0.2) is 37.7 Å². The van der Waals surface area contributed by atoms with Gasteiger partial charge in [-0.15, -0.1) is 0 Å². The number of nitrogens with zero attached hydrogens (tertiary/aromatic N) is 1. The molecule has 1 aromatic carbocycles. The molecular weight excluding hydrogens is 324 g/mol. The second kappa shape index (κ2) is 8.50. The Kier molecular flexibility index (Phi) is 6.38. The first kappa shape index (κ1) is 18.8. The molecule has 0 saturated heterocycles. The fraction of sp³-hybridized carbons (Fsp3) is 0.500. The first-order chi connectivity index (χ1) is 12.0. The van der Waals surface area contributed by atoms with E-state index in [2.05, 4.69) is 10.2 Å². The van der Waals surface area contributed by atoms with Crippen molar-refractivity contribution in [1.82, 2.24) is 5.32 Å². The number of carbonyl (C=O) groups excluding carboxylic acids is 3. The summed E-state index contributed by atoms with van der Waals surface area (Å²) in [6.45, 7) is 7.89. The topological polar surface area (TPSA) is 84.9 Å². The number of hydrogen-bond acceptors (Lipinski definition) is 6. The highest BCUT2D eigenvalue weighted by Gasteiger charge is 2.40. The van der Waals surface area contributed by atoms with Crippen molar-refractivity contribution in [3.8, 4) is 5.75 Å². The molecule has 7 nitrogen and oxygen atoms in total. The number of anilines is 1. The maximum Gasteiger partial charge on any atom is 0.413 e. The van der Waals surface area contributed by atoms with Gasteiger partial charge in [0.25, 0.3) is 0 Å². The summed E-state index contributed by atoms with van der Waals surface area (Å²) in [7, 11) is 0. The fourth-order valence-corrected chi connectivity index (χ4v) is 2.70. The van der Waals surface area contributed by atoms with Gasteiger partial charge in [0.05, 0.1) is 6.61 Å². The van der Waals surface area contributed by atoms with Gasteiger partial charge in [0.1, 0.15) is 5.75 Å². The van der Waals surface area contributed by atoms with Gasteiger partial charge >= 0.3 is 12.1 Å². The molecule has 0 spiro atoms. The molecule has 1 atom stereocenters. The summed E-state index contributed by atoms with van der Waals surface area (Å²) in [4.78, 5) is 38.1. The van der Waals surface area contributed by atoms with Crippen LogP contribution in [0.5, 0.6) is 5.75 Å². The van der Waals surface area contributed by atoms with Gasteiger partial charge in [-0.3, -0.25) is 14.9 Å². The van der Waals surface area contributed by atoms with E-state index < -0.39 is 23.9 Å². The molecule has 0 fully saturated rings. The molecule has 2 rings (SSSR count). The third kappa shape index (κ3) is 4.29. The zero-order chi connectivity index (χ0) is 18.4. The largest absolute Gasteiger partial charge is 0.449 e. The molecule has 0 bridgehead atoms. The number of amides is 2. The lowest BCUT2D eigenvalue weighted by molar-refractivity contribution is -0.138. The van der Waals surface area contributed by atoms with Crippen molar-refractivity contribution in [3.63, 3.8) is 0 Å². The Morgan fingerprint density at radius 3 is 2.60 bits per heavy atom. The first-order valence-corrected chi connectivity index (χ1v) is 8.59. The van der Waals surface area contributed by atoms with Crippen molar-refractivity contribution in [2.24, 2.45) is 0 Å². The van der Waals surface area contributed by atoms with Crippen molar-refractivity contribution in [2.75, 3.05) is 24.6 Å². The first-order valence-electron chi connectivity index (χ1n) is 8.59. The molecule has 136 valence electrons. The smallest absolute Gasteiger partial charge is 0.413 e. The number of unbranched alkanes of at least 4 members (excludes halogenated alkanes) is 1. The number of fused-ring (bicyclic) bond motifs is 1. The van der Waals surface area contributed by atoms with Crippen LogP contribution in [-0.2, 0) is 14.3 Å². The standard InChI is InChI=1S/C18H24N2O5/c1-4-7-10-24-18(23)19-16(21)15-13-9-8-12(20(5-2)6-3)11-14(13)25-17(15)22/h8-9,11,15H,4-7,10H2,1-3H3,(H,19,21,23). The van der Waals surface area contributed by atoms with E-state index in [0.717, 1.165) is 25.2 Å². The number of carbonyl (C=O) groups is 3. The summed E-state index contributed by atoms with van der Waals surface area (Å²) >= 11 is 0. The molecule has 7 heteroatoms. The number of ether oxygens (including phenoxy) is 2. The van der Waals surface area contributed by atoms with Crippen LogP contribution in [0.3, 0.4) is 0 Å². The Labute approximate surface area is 147 Å². The average molecular weight is 348 g/mol. The molecule has 1 aromatic rings. The molecule has 0 aliphatic carbocycles. The van der Waals surface area contributed by atoms with E-state index in [4.69, 9.17) is 9.47 Å². The lowest BCUT2D eigenvalue weighted by atomic mass is 9.99. The molecule has 1 aliphatic rings. The zero-order valence-corrected chi connectivity index (χ0v) is 14.8. The van der Waals surface area contributed by atoms with E-state index in [1.807, 2.05) is 26.8 Å². The Morgan fingerprint density at radius 1 is 1.24 bits per heavy atom. The van der Waals surface area contributed by atoms with E-state index in [-0.39, 0.29) is 6.61 Å². The highest BCUT2D eigenvalue weighted by molar-refractivity contribution is 6.11. The molecule has 2 amide bonds. The fourth-order valence-electron chi connectivity index (χ4n) is 2.70. The van der Waals surface area contributed by atoms with Gasteiger partial charge < -0.3 is 14.4 Å². The van der Waals surface area contributed by atoms with Crippen LogP contribution < -0.4 is 15.0 Å². The monoisotopic (exact) mass is 348 g/mol. The number of rotatable bonds is 7. The van der Waals surface area contributed by atoms with Crippen LogP contribution >= 0.6 is 0 Å². The summed E-state index contributed by atoms with van der Waals surface area (Å²) in [6.07, 6.45) is 0.738. The second-order valence-electron chi connectivity index (χ2n) is 5.73. The van der Waals surface area contributed by atoms with Crippen molar-refractivity contribution >= 4 is 23.7 Å². The van der Waals surface area contributed by atoms with Crippen molar-refractivity contribution in [3.05, 3.63) is 23.8 Å². The molecule has 1 heterocycles. The van der Waals surface area contributed by atoms with Gasteiger partial charge in [-0.1, -0.05) is 19.4 Å². The van der Waals surface area contributed by atoms with Crippen LogP contribution in [0.15, 0.2) is 18.2 Å². The Bertz CT molecular complexity index is 655. The van der Waals surface area contributed by atoms with Crippen molar-refractivity contribution in [1.29, 1.82) is 0 Å². The molecular formula is C18H24N2O5. The molecule has 25 heavy (non-hydrogen) atoms. The second-order valence-corrected chi connectivity index (χ2v) is 5.73. The lowest BCUT2D eigenvalue weighted by Crippen LogP contribution is -2.37. The van der Waals surface area contributed by atoms with Gasteiger partial charge in [-0.25, -0.2) is 4.79 Å². The van der Waals surface area contributed by atoms with Gasteiger partial charge in [0.2, 0.25) is 5.91 Å². The Balaban J connectivity index is 2.10. The number of esters is 1. The predicted molar refractivity (Wildman–Crippen MR) is 92.8 cm³/mol. The maximum absolute atomic E-state index is 12.3. The third-order valence-electron chi connectivity index (χ3n) is 4.10. The molecule has 0 saturated carbocycles. The zero-order valence-electron chi connectivity index (χ0n) is 14.8. The van der Waals surface area contributed by atoms with E-state index in [1.165, 1.54) is 0 Å². The molecule has 0 aromatic heterocycles. The van der Waals surface area contributed by atoms with Crippen LogP contribution in [0.2, 0.25) is 0 Å². The minimum atomic E-state index is -1.15. The third-order valence-corrected chi connectivity index (χ3v) is 4.10. The highest BCUT2D eigenvalue weighted by atomic mass is 16.6. The summed E-state index contributed by atoms with van der Waals surface area (Å²) < 4.78 is 10.1. The van der Waals surface area contributed by atoms with E-state index in [1.54, 1.807) is 12.1 Å². The minimum absolute atomic E-state index is 0.231. The number of benzene rings is 1. The van der Waals surface area contributed by atoms with Crippen molar-refractivity contribution in [2.45, 2.75) is 39.5 Å². The summed E-state index contributed by atoms with van der Waals surface area (Å²) in [5.41, 5.74) is 1.37. The van der Waals surface area contributed by atoms with Crippen LogP contribution in [0, 0.1) is 0 Å². The molecule has 0 radical (unpaired) electrons. The normalized spacial score (nSPS) is 15.3. The average Bonchev–Trinajstić information content (AvgIpc) is 2.91. The molecule has 1 unspecified atom stereocenters. The van der Waals surface area contributed by atoms with Gasteiger partial charge in [-0.05, 0) is 26.3 Å². The predicted octanol–water partition coefficient (Wildman–Crippen LogP) is 2.59. The van der Waals surface area contributed by atoms with Gasteiger partial charge in [-0.2, -0.15) is 0 Å². The van der Waals surface area contributed by atoms with E-state index in [9.17, 15) is 14.4 Å². The number of alkyl carbamates (subject to hydrolysis) is 1. The SMILES string of the molecule is CCCCOC(=O)NC(=O)C1C(=O)Oc2cc(N(CC)CC)ccc21. The quantitative estimate of drug-likeness (QED) is 0.353. The number of hydrogen-bond donors (Lipinski definition) is 1. The van der Waals surface area contributed by atoms with Crippen LogP contribution in [0.1, 0.15) is 45.1 Å². The maximum atomic E-state index is 12.3. The Hall–Kier alpha value is -2.57. The van der Waals surface area contributed by atoms with Gasteiger partial charge in [0, 0.05) is 30.4 Å². The summed E-state index contributed by atoms with van der Waals surface area (Å²) in [5, 5.41) is 2.10. The van der Waals surface area contributed by atoms with E-state index in [0.29, 0.717) is 17.7 Å².